The Morgan fingerprint density at radius 3 is 2.27 bits per heavy atom. The normalized spacial score (nSPS) is 24.2. The van der Waals surface area contributed by atoms with Crippen molar-refractivity contribution in [2.24, 2.45) is 0 Å². The van der Waals surface area contributed by atoms with E-state index < -0.39 is 55.1 Å². The Kier molecular flexibility index (Phi) is 8.02. The van der Waals surface area contributed by atoms with Crippen LogP contribution in [0.3, 0.4) is 0 Å². The average molecular weight is 526 g/mol. The first-order valence-corrected chi connectivity index (χ1v) is 11.4. The predicted octanol–water partition coefficient (Wildman–Crippen LogP) is 2.71. The number of ether oxygens (including phenoxy) is 3. The molecule has 8 nitrogen and oxygen atoms in total. The van der Waals surface area contributed by atoms with Crippen LogP contribution in [0.5, 0.6) is 11.6 Å². The van der Waals surface area contributed by atoms with Crippen LogP contribution in [-0.2, 0) is 23.9 Å². The SMILES string of the molecule is COc1ccc(Cc2c(OC3OC(CO)C(F)C(O)C3O)nn(Cc3ccccc3)c2C(F)(F)F)cc1. The molecule has 0 amide bonds. The van der Waals surface area contributed by atoms with Crippen molar-refractivity contribution in [2.75, 3.05) is 13.7 Å². The summed E-state index contributed by atoms with van der Waals surface area (Å²) in [6.07, 6.45) is -14.5. The molecule has 12 heteroatoms. The lowest BCUT2D eigenvalue weighted by Gasteiger charge is -2.38. The highest BCUT2D eigenvalue weighted by atomic mass is 19.4. The third-order valence-electron chi connectivity index (χ3n) is 6.02. The van der Waals surface area contributed by atoms with E-state index in [0.29, 0.717) is 16.9 Å². The Morgan fingerprint density at radius 1 is 1.00 bits per heavy atom. The number of aliphatic hydroxyl groups is 3. The molecule has 1 aromatic heterocycles. The fraction of sp³-hybridized carbons (Fsp3) is 0.400. The minimum absolute atomic E-state index is 0.239. The summed E-state index contributed by atoms with van der Waals surface area (Å²) in [7, 11) is 1.46. The van der Waals surface area contributed by atoms with Gasteiger partial charge in [0.1, 0.15) is 29.8 Å². The Balaban J connectivity index is 1.77. The van der Waals surface area contributed by atoms with Gasteiger partial charge in [0.2, 0.25) is 12.2 Å². The van der Waals surface area contributed by atoms with Crippen LogP contribution < -0.4 is 9.47 Å². The van der Waals surface area contributed by atoms with Crippen molar-refractivity contribution in [3.8, 4) is 11.6 Å². The maximum Gasteiger partial charge on any atom is 0.433 e. The Labute approximate surface area is 209 Å². The molecule has 3 aromatic rings. The molecular weight excluding hydrogens is 500 g/mol. The second kappa shape index (κ2) is 11.1. The maximum atomic E-state index is 14.4. The third kappa shape index (κ3) is 5.87. The van der Waals surface area contributed by atoms with Gasteiger partial charge in [-0.1, -0.05) is 42.5 Å². The molecule has 4 rings (SSSR count). The zero-order valence-electron chi connectivity index (χ0n) is 19.7. The molecule has 0 bridgehead atoms. The first-order chi connectivity index (χ1) is 17.6. The summed E-state index contributed by atoms with van der Waals surface area (Å²) in [5.41, 5.74) is -0.391. The van der Waals surface area contributed by atoms with Crippen LogP contribution in [0.15, 0.2) is 54.6 Å². The van der Waals surface area contributed by atoms with Crippen LogP contribution in [0.2, 0.25) is 0 Å². The summed E-state index contributed by atoms with van der Waals surface area (Å²) in [4.78, 5) is 0. The van der Waals surface area contributed by atoms with Crippen molar-refractivity contribution in [1.82, 2.24) is 9.78 Å². The van der Waals surface area contributed by atoms with E-state index in [1.165, 1.54) is 7.11 Å². The number of aliphatic hydroxyl groups excluding tert-OH is 3. The number of alkyl halides is 4. The summed E-state index contributed by atoms with van der Waals surface area (Å²) in [5.74, 6) is 0.00361. The average Bonchev–Trinajstić information content (AvgIpc) is 3.21. The van der Waals surface area contributed by atoms with Gasteiger partial charge >= 0.3 is 6.18 Å². The maximum absolute atomic E-state index is 14.4. The molecule has 37 heavy (non-hydrogen) atoms. The fourth-order valence-electron chi connectivity index (χ4n) is 4.12. The van der Waals surface area contributed by atoms with Gasteiger partial charge in [0.25, 0.3) is 0 Å². The van der Waals surface area contributed by atoms with Gasteiger partial charge < -0.3 is 29.5 Å². The number of rotatable bonds is 8. The predicted molar refractivity (Wildman–Crippen MR) is 122 cm³/mol. The highest BCUT2D eigenvalue weighted by Gasteiger charge is 2.47. The molecule has 0 aliphatic carbocycles. The molecule has 0 spiro atoms. The van der Waals surface area contributed by atoms with Crippen LogP contribution in [0.25, 0.3) is 0 Å². The second-order valence-electron chi connectivity index (χ2n) is 8.57. The fourth-order valence-corrected chi connectivity index (χ4v) is 4.12. The van der Waals surface area contributed by atoms with Gasteiger partial charge in [-0.2, -0.15) is 13.2 Å². The minimum atomic E-state index is -4.84. The molecule has 1 saturated heterocycles. The van der Waals surface area contributed by atoms with Crippen LogP contribution in [0, 0.1) is 0 Å². The number of hydrogen-bond acceptors (Lipinski definition) is 7. The van der Waals surface area contributed by atoms with Gasteiger partial charge in [-0.25, -0.2) is 4.39 Å². The lowest BCUT2D eigenvalue weighted by atomic mass is 10.0. The second-order valence-corrected chi connectivity index (χ2v) is 8.57. The van der Waals surface area contributed by atoms with E-state index in [0.717, 1.165) is 4.68 Å². The van der Waals surface area contributed by atoms with E-state index in [2.05, 4.69) is 5.10 Å². The van der Waals surface area contributed by atoms with Crippen molar-refractivity contribution in [3.05, 3.63) is 77.0 Å². The van der Waals surface area contributed by atoms with Gasteiger partial charge in [-0.15, -0.1) is 5.10 Å². The van der Waals surface area contributed by atoms with Gasteiger partial charge in [0.05, 0.1) is 25.8 Å². The van der Waals surface area contributed by atoms with Crippen LogP contribution in [0.1, 0.15) is 22.4 Å². The Hall–Kier alpha value is -3.19. The molecule has 2 aromatic carbocycles. The van der Waals surface area contributed by atoms with E-state index in [1.807, 2.05) is 0 Å². The van der Waals surface area contributed by atoms with Crippen molar-refractivity contribution in [1.29, 1.82) is 0 Å². The van der Waals surface area contributed by atoms with E-state index in [4.69, 9.17) is 14.2 Å². The van der Waals surface area contributed by atoms with Gasteiger partial charge in [-0.05, 0) is 23.3 Å². The monoisotopic (exact) mass is 526 g/mol. The molecular formula is C25H26F4N2O6. The topological polar surface area (TPSA) is 106 Å². The number of halogens is 4. The number of hydrogen-bond donors (Lipinski definition) is 3. The van der Waals surface area contributed by atoms with Crippen LogP contribution >= 0.6 is 0 Å². The number of methoxy groups -OCH3 is 1. The number of nitrogens with zero attached hydrogens (tertiary/aromatic N) is 2. The zero-order valence-corrected chi connectivity index (χ0v) is 19.7. The summed E-state index contributed by atoms with van der Waals surface area (Å²) in [6.45, 7) is -1.09. The summed E-state index contributed by atoms with van der Waals surface area (Å²) in [6, 6.07) is 14.7. The molecule has 0 radical (unpaired) electrons. The minimum Gasteiger partial charge on any atom is -0.497 e. The van der Waals surface area contributed by atoms with Crippen molar-refractivity contribution < 1.29 is 47.1 Å². The van der Waals surface area contributed by atoms with Gasteiger partial charge in [-0.3, -0.25) is 4.68 Å². The summed E-state index contributed by atoms with van der Waals surface area (Å²) >= 11 is 0. The first-order valence-electron chi connectivity index (χ1n) is 11.4. The molecule has 3 N–H and O–H groups in total. The van der Waals surface area contributed by atoms with Gasteiger partial charge in [0, 0.05) is 6.42 Å². The molecule has 1 fully saturated rings. The number of benzene rings is 2. The summed E-state index contributed by atoms with van der Waals surface area (Å²) in [5, 5.41) is 33.7. The van der Waals surface area contributed by atoms with E-state index in [-0.39, 0.29) is 18.5 Å². The Morgan fingerprint density at radius 2 is 1.68 bits per heavy atom. The van der Waals surface area contributed by atoms with Crippen molar-refractivity contribution in [3.63, 3.8) is 0 Å². The summed E-state index contributed by atoms with van der Waals surface area (Å²) < 4.78 is 74.0. The van der Waals surface area contributed by atoms with Gasteiger partial charge in [0.15, 0.2) is 6.17 Å². The standard InChI is InChI=1S/C25H26F4N2O6/c1-35-16-9-7-14(8-10-16)11-17-22(25(27,28)29)31(12-15-5-3-2-4-6-15)30-23(17)37-24-21(34)20(33)19(26)18(13-32)36-24/h2-10,18-21,24,32-34H,11-13H2,1H3. The quantitative estimate of drug-likeness (QED) is 0.388. The van der Waals surface area contributed by atoms with E-state index in [9.17, 15) is 32.9 Å². The van der Waals surface area contributed by atoms with E-state index >= 15 is 0 Å². The lowest BCUT2D eigenvalue weighted by Crippen LogP contribution is -2.58. The highest BCUT2D eigenvalue weighted by molar-refractivity contribution is 5.40. The molecule has 1 aliphatic heterocycles. The van der Waals surface area contributed by atoms with E-state index in [1.54, 1.807) is 54.6 Å². The largest absolute Gasteiger partial charge is 0.497 e. The lowest BCUT2D eigenvalue weighted by molar-refractivity contribution is -0.266. The molecule has 1 aliphatic rings. The molecule has 5 unspecified atom stereocenters. The molecule has 5 atom stereocenters. The molecule has 0 saturated carbocycles. The third-order valence-corrected chi connectivity index (χ3v) is 6.02. The molecule has 2 heterocycles. The molecule has 200 valence electrons. The highest BCUT2D eigenvalue weighted by Crippen LogP contribution is 2.39. The zero-order chi connectivity index (χ0) is 26.7. The van der Waals surface area contributed by atoms with Crippen LogP contribution in [0.4, 0.5) is 17.6 Å². The Bertz CT molecular complexity index is 1170. The van der Waals surface area contributed by atoms with Crippen molar-refractivity contribution >= 4 is 0 Å². The van der Waals surface area contributed by atoms with Crippen molar-refractivity contribution in [2.45, 2.75) is 49.9 Å². The van der Waals surface area contributed by atoms with Crippen LogP contribution in [-0.4, -0.2) is 69.6 Å². The number of aromatic nitrogens is 2. The smallest absolute Gasteiger partial charge is 0.433 e. The first kappa shape index (κ1) is 26.9.